The first-order valence-electron chi connectivity index (χ1n) is 33.6. The molecular formula is C72H91ClN14O8S2. The van der Waals surface area contributed by atoms with Crippen molar-refractivity contribution in [2.75, 3.05) is 83.4 Å². The van der Waals surface area contributed by atoms with Gasteiger partial charge in [-0.2, -0.15) is 4.72 Å². The third-order valence-electron chi connectivity index (χ3n) is 17.5. The number of nitrogens with two attached hydrogens (primary N) is 1. The monoisotopic (exact) mass is 1380 g/mol. The molecule has 4 aromatic carbocycles. The van der Waals surface area contributed by atoms with Crippen molar-refractivity contribution in [2.45, 2.75) is 165 Å². The lowest BCUT2D eigenvalue weighted by molar-refractivity contribution is -0.157. The molecule has 0 amide bonds. The minimum absolute atomic E-state index is 0.0670. The fraction of sp³-hybridized carbons (Fsp3) is 0.444. The minimum atomic E-state index is -4.11. The number of pyridine rings is 2. The SMILES string of the molecule is CCc1c(NC[C@H](N)C(=O)OC(C)(C)C)ncnc1N1CCC(c2ccc3c(n2)NCCC3)CC1.CCc1c(NC[C@H](NS(=O)(=O)c2cccc3ccccc23)C(=O)OC(C)(C)C)ncnc1N1CCC(c2ccc3c(n2)NCCC3)CC1.O=S(=O)(Cl)c1cccc2ccccc12. The number of aryl methyl sites for hydroxylation is 2. The fourth-order valence-electron chi connectivity index (χ4n) is 12.7. The Morgan fingerprint density at radius 3 is 1.48 bits per heavy atom. The van der Waals surface area contributed by atoms with Gasteiger partial charge in [-0.1, -0.05) is 98.8 Å². The Hall–Kier alpha value is -8.29. The molecule has 0 bridgehead atoms. The number of carbonyl (C=O) groups is 2. The van der Waals surface area contributed by atoms with Gasteiger partial charge in [-0.05, 0) is 152 Å². The first-order valence-corrected chi connectivity index (χ1v) is 37.4. The van der Waals surface area contributed by atoms with E-state index in [1.807, 2.05) is 64.1 Å². The molecule has 25 heteroatoms. The average molecular weight is 1380 g/mol. The maximum absolute atomic E-state index is 13.7. The molecule has 7 N–H and O–H groups in total. The number of sulfonamides is 1. The lowest BCUT2D eigenvalue weighted by Gasteiger charge is -2.34. The number of hydrogen-bond donors (Lipinski definition) is 6. The highest BCUT2D eigenvalue weighted by Gasteiger charge is 2.33. The van der Waals surface area contributed by atoms with Crippen LogP contribution in [0.15, 0.2) is 132 Å². The van der Waals surface area contributed by atoms with Gasteiger partial charge in [0, 0.05) is 108 Å². The van der Waals surface area contributed by atoms with Crippen LogP contribution in [0.4, 0.5) is 34.9 Å². The van der Waals surface area contributed by atoms with E-state index in [-0.39, 0.29) is 22.9 Å². The number of nitrogens with zero attached hydrogens (tertiary/aromatic N) is 8. The summed E-state index contributed by atoms with van der Waals surface area (Å²) in [6, 6.07) is 31.5. The summed E-state index contributed by atoms with van der Waals surface area (Å²) in [5.41, 5.74) is 11.6. The highest BCUT2D eigenvalue weighted by atomic mass is 35.7. The predicted octanol–water partition coefficient (Wildman–Crippen LogP) is 11.5. The molecule has 0 saturated carbocycles. The van der Waals surface area contributed by atoms with Crippen molar-refractivity contribution in [3.63, 3.8) is 0 Å². The minimum Gasteiger partial charge on any atom is -0.459 e. The van der Waals surface area contributed by atoms with Gasteiger partial charge in [0.1, 0.15) is 70.8 Å². The Balaban J connectivity index is 0.000000181. The second kappa shape index (κ2) is 31.5. The maximum Gasteiger partial charge on any atom is 0.326 e. The van der Waals surface area contributed by atoms with E-state index in [1.54, 1.807) is 63.5 Å². The first kappa shape index (κ1) is 71.5. The highest BCUT2D eigenvalue weighted by Crippen LogP contribution is 2.36. The predicted molar refractivity (Wildman–Crippen MR) is 385 cm³/mol. The number of carbonyl (C=O) groups excluding carboxylic acids is 2. The molecule has 12 rings (SSSR count). The van der Waals surface area contributed by atoms with E-state index in [0.29, 0.717) is 34.8 Å². The van der Waals surface area contributed by atoms with Gasteiger partial charge in [0.2, 0.25) is 10.0 Å². The molecule has 4 aromatic heterocycles. The van der Waals surface area contributed by atoms with Crippen molar-refractivity contribution in [2.24, 2.45) is 5.73 Å². The number of piperidine rings is 2. The van der Waals surface area contributed by atoms with Gasteiger partial charge < -0.3 is 46.3 Å². The number of nitrogens with one attached hydrogen (secondary N) is 5. The largest absolute Gasteiger partial charge is 0.459 e. The van der Waals surface area contributed by atoms with Crippen LogP contribution in [0.5, 0.6) is 0 Å². The standard InChI is InChI=1S/C36H45N7O4S.C26H39N7O2.C10H7ClO2S/c1-5-27-33(39-23-40-34(27)43-20-17-25(18-21-43)29-16-15-26-12-9-19-37-32(26)41-29)38-22-30(35(44)47-36(2,3)4)42-48(45,46)31-14-8-11-24-10-6-7-13-28(24)31;1-5-19-23(29-15-20(27)25(34)35-26(2,3)4)30-16-31-24(19)33-13-10-17(11-14-33)21-9-8-18-7-6-12-28-22(18)32-21;11-14(12,13)10-7-3-5-8-4-1-2-6-9(8)10/h6-8,10-11,13-16,23,25,30,42H,5,9,12,17-22H2,1-4H3,(H,37,41)(H,38,39,40);8-9,16-17,20H,5-7,10-15,27H2,1-4H3,(H,28,32)(H,29,30,31);1-7H/t30-;20-;/m00./s1. The van der Waals surface area contributed by atoms with Gasteiger partial charge in [0.15, 0.2) is 0 Å². The van der Waals surface area contributed by atoms with Gasteiger partial charge in [-0.15, -0.1) is 0 Å². The van der Waals surface area contributed by atoms with E-state index < -0.39 is 54.3 Å². The van der Waals surface area contributed by atoms with E-state index in [2.05, 4.69) is 86.9 Å². The second-order valence-corrected chi connectivity index (χ2v) is 31.0. The number of benzene rings is 4. The average Bonchev–Trinajstić information content (AvgIpc) is 0.825. The van der Waals surface area contributed by atoms with E-state index in [9.17, 15) is 26.4 Å². The van der Waals surface area contributed by atoms with Crippen molar-refractivity contribution in [1.82, 2.24) is 34.6 Å². The Kier molecular flexibility index (Phi) is 23.2. The van der Waals surface area contributed by atoms with Crippen molar-refractivity contribution in [3.8, 4) is 0 Å². The third kappa shape index (κ3) is 18.5. The quantitative estimate of drug-likeness (QED) is 0.0344. The van der Waals surface area contributed by atoms with Crippen LogP contribution in [0.2, 0.25) is 0 Å². The molecule has 0 radical (unpaired) electrons. The molecule has 8 heterocycles. The topological polar surface area (TPSA) is 291 Å². The number of rotatable bonds is 18. The molecule has 4 aliphatic heterocycles. The molecule has 0 spiro atoms. The molecule has 22 nitrogen and oxygen atoms in total. The molecule has 2 atom stereocenters. The summed E-state index contributed by atoms with van der Waals surface area (Å²) in [5, 5.41) is 16.3. The Bertz CT molecular complexity index is 4300. The molecule has 0 aliphatic carbocycles. The van der Waals surface area contributed by atoms with Gasteiger partial charge >= 0.3 is 11.9 Å². The number of anilines is 6. The van der Waals surface area contributed by atoms with E-state index >= 15 is 0 Å². The van der Waals surface area contributed by atoms with Crippen molar-refractivity contribution in [1.29, 1.82) is 0 Å². The van der Waals surface area contributed by atoms with Gasteiger partial charge in [0.25, 0.3) is 9.05 Å². The summed E-state index contributed by atoms with van der Waals surface area (Å²) in [5.74, 6) is 4.91. The molecule has 2 fully saturated rings. The summed E-state index contributed by atoms with van der Waals surface area (Å²) >= 11 is 0. The van der Waals surface area contributed by atoms with Crippen LogP contribution >= 0.6 is 10.7 Å². The molecule has 0 unspecified atom stereocenters. The van der Waals surface area contributed by atoms with Crippen LogP contribution in [0.1, 0.15) is 139 Å². The van der Waals surface area contributed by atoms with Gasteiger partial charge in [-0.3, -0.25) is 9.59 Å². The molecular weight excluding hydrogens is 1290 g/mol. The van der Waals surface area contributed by atoms with E-state index in [0.717, 1.165) is 147 Å². The summed E-state index contributed by atoms with van der Waals surface area (Å²) in [4.78, 5) is 58.7. The fourth-order valence-corrected chi connectivity index (χ4v) is 15.2. The lowest BCUT2D eigenvalue weighted by Crippen LogP contribution is -2.48. The number of halogens is 1. The van der Waals surface area contributed by atoms with Gasteiger partial charge in [-0.25, -0.2) is 46.7 Å². The molecule has 2 saturated heterocycles. The van der Waals surface area contributed by atoms with E-state index in [4.69, 9.17) is 35.9 Å². The normalized spacial score (nSPS) is 16.0. The summed E-state index contributed by atoms with van der Waals surface area (Å²) in [6.07, 6.45) is 13.0. The Morgan fingerprint density at radius 1 is 0.588 bits per heavy atom. The molecule has 8 aromatic rings. The maximum atomic E-state index is 13.7. The number of hydrogen-bond acceptors (Lipinski definition) is 21. The molecule has 4 aliphatic rings. The highest BCUT2D eigenvalue weighted by molar-refractivity contribution is 8.14. The molecule has 97 heavy (non-hydrogen) atoms. The Morgan fingerprint density at radius 2 is 1.02 bits per heavy atom. The Labute approximate surface area is 574 Å². The van der Waals surface area contributed by atoms with E-state index in [1.165, 1.54) is 41.7 Å². The van der Waals surface area contributed by atoms with Gasteiger partial charge in [0.05, 0.1) is 9.79 Å². The summed E-state index contributed by atoms with van der Waals surface area (Å²) in [7, 11) is -2.45. The second-order valence-electron chi connectivity index (χ2n) is 26.8. The smallest absolute Gasteiger partial charge is 0.326 e. The van der Waals surface area contributed by atoms with Crippen LogP contribution in [-0.2, 0) is 63.8 Å². The van der Waals surface area contributed by atoms with Crippen LogP contribution < -0.4 is 41.5 Å². The number of ether oxygens (including phenoxy) is 2. The number of esters is 2. The van der Waals surface area contributed by atoms with Crippen molar-refractivity contribution in [3.05, 3.63) is 155 Å². The number of aromatic nitrogens is 6. The lowest BCUT2D eigenvalue weighted by atomic mass is 9.92. The van der Waals surface area contributed by atoms with Crippen LogP contribution in [0.3, 0.4) is 0 Å². The van der Waals surface area contributed by atoms with Crippen LogP contribution in [0, 0.1) is 0 Å². The van der Waals surface area contributed by atoms with Crippen LogP contribution in [0.25, 0.3) is 21.5 Å². The van der Waals surface area contributed by atoms with Crippen LogP contribution in [-0.4, -0.2) is 134 Å². The third-order valence-corrected chi connectivity index (χ3v) is 20.4. The summed E-state index contributed by atoms with van der Waals surface area (Å²) in [6.45, 7) is 20.5. The number of fused-ring (bicyclic) bond motifs is 4. The zero-order valence-corrected chi connectivity index (χ0v) is 59.1. The zero-order chi connectivity index (χ0) is 69.1. The zero-order valence-electron chi connectivity index (χ0n) is 56.7. The summed E-state index contributed by atoms with van der Waals surface area (Å²) < 4.78 is 63.6. The van der Waals surface area contributed by atoms with Crippen molar-refractivity contribution < 1.29 is 35.9 Å². The first-order chi connectivity index (χ1) is 46.4. The van der Waals surface area contributed by atoms with Crippen molar-refractivity contribution >= 4 is 98.1 Å². The molecule has 516 valence electrons.